The molecular formula is C17H30N4. The van der Waals surface area contributed by atoms with E-state index >= 15 is 0 Å². The quantitative estimate of drug-likeness (QED) is 0.863. The SMILES string of the molecule is CCCc1c(NCC)ncnc1N(C)C1CCC(C)CC1. The average molecular weight is 290 g/mol. The van der Waals surface area contributed by atoms with Crippen molar-refractivity contribution < 1.29 is 0 Å². The van der Waals surface area contributed by atoms with Gasteiger partial charge in [-0.25, -0.2) is 9.97 Å². The van der Waals surface area contributed by atoms with Gasteiger partial charge in [0.2, 0.25) is 0 Å². The third-order valence-electron chi connectivity index (χ3n) is 4.63. The summed E-state index contributed by atoms with van der Waals surface area (Å²) in [5.41, 5.74) is 1.28. The van der Waals surface area contributed by atoms with Gasteiger partial charge in [0.15, 0.2) is 0 Å². The van der Waals surface area contributed by atoms with Crippen LogP contribution in [0.3, 0.4) is 0 Å². The number of hydrogen-bond acceptors (Lipinski definition) is 4. The van der Waals surface area contributed by atoms with E-state index in [1.54, 1.807) is 6.33 Å². The maximum absolute atomic E-state index is 4.61. The minimum atomic E-state index is 0.626. The van der Waals surface area contributed by atoms with Crippen LogP contribution in [0.25, 0.3) is 0 Å². The van der Waals surface area contributed by atoms with Gasteiger partial charge in [0, 0.05) is 25.2 Å². The van der Waals surface area contributed by atoms with Crippen LogP contribution in [0.2, 0.25) is 0 Å². The molecule has 4 nitrogen and oxygen atoms in total. The zero-order chi connectivity index (χ0) is 15.2. The highest BCUT2D eigenvalue weighted by molar-refractivity contribution is 5.59. The zero-order valence-corrected chi connectivity index (χ0v) is 14.0. The van der Waals surface area contributed by atoms with Gasteiger partial charge in [0.25, 0.3) is 0 Å². The fraction of sp³-hybridized carbons (Fsp3) is 0.765. The maximum atomic E-state index is 4.61. The monoisotopic (exact) mass is 290 g/mol. The van der Waals surface area contributed by atoms with Crippen molar-refractivity contribution in [1.82, 2.24) is 9.97 Å². The lowest BCUT2D eigenvalue weighted by atomic mass is 9.86. The number of nitrogens with zero attached hydrogens (tertiary/aromatic N) is 3. The van der Waals surface area contributed by atoms with Crippen LogP contribution in [0.4, 0.5) is 11.6 Å². The van der Waals surface area contributed by atoms with Gasteiger partial charge in [-0.05, 0) is 44.9 Å². The summed E-state index contributed by atoms with van der Waals surface area (Å²) in [6.45, 7) is 7.60. The summed E-state index contributed by atoms with van der Waals surface area (Å²) in [7, 11) is 2.21. The number of nitrogens with one attached hydrogen (secondary N) is 1. The largest absolute Gasteiger partial charge is 0.370 e. The van der Waals surface area contributed by atoms with Crippen LogP contribution in [0, 0.1) is 5.92 Å². The second-order valence-corrected chi connectivity index (χ2v) is 6.33. The van der Waals surface area contributed by atoms with Crippen LogP contribution in [0.1, 0.15) is 58.4 Å². The number of hydrogen-bond donors (Lipinski definition) is 1. The van der Waals surface area contributed by atoms with E-state index in [1.807, 2.05) is 0 Å². The van der Waals surface area contributed by atoms with Crippen molar-refractivity contribution in [2.45, 2.75) is 65.3 Å². The molecule has 0 bridgehead atoms. The summed E-state index contributed by atoms with van der Waals surface area (Å²) in [5, 5.41) is 3.39. The van der Waals surface area contributed by atoms with Crippen LogP contribution in [0.5, 0.6) is 0 Å². The lowest BCUT2D eigenvalue weighted by Gasteiger charge is -2.35. The molecule has 1 aromatic heterocycles. The Kier molecular flexibility index (Phi) is 5.83. The van der Waals surface area contributed by atoms with Crippen LogP contribution in [-0.4, -0.2) is 29.6 Å². The Balaban J connectivity index is 2.22. The van der Waals surface area contributed by atoms with E-state index < -0.39 is 0 Å². The molecule has 0 unspecified atom stereocenters. The van der Waals surface area contributed by atoms with Crippen molar-refractivity contribution in [3.8, 4) is 0 Å². The number of aromatic nitrogens is 2. The fourth-order valence-corrected chi connectivity index (χ4v) is 3.31. The molecule has 0 aliphatic heterocycles. The Morgan fingerprint density at radius 3 is 2.52 bits per heavy atom. The van der Waals surface area contributed by atoms with Crippen LogP contribution < -0.4 is 10.2 Å². The molecule has 1 N–H and O–H groups in total. The molecule has 1 aliphatic carbocycles. The summed E-state index contributed by atoms with van der Waals surface area (Å²) < 4.78 is 0. The maximum Gasteiger partial charge on any atom is 0.137 e. The van der Waals surface area contributed by atoms with Crippen molar-refractivity contribution in [1.29, 1.82) is 0 Å². The van der Waals surface area contributed by atoms with Gasteiger partial charge >= 0.3 is 0 Å². The molecule has 1 saturated carbocycles. The standard InChI is InChI=1S/C17H30N4/c1-5-7-15-16(18-6-2)19-12-20-17(15)21(4)14-10-8-13(3)9-11-14/h12-14H,5-11H2,1-4H3,(H,18,19,20). The molecule has 1 fully saturated rings. The Hall–Kier alpha value is -1.32. The molecular weight excluding hydrogens is 260 g/mol. The highest BCUT2D eigenvalue weighted by atomic mass is 15.2. The Labute approximate surface area is 129 Å². The lowest BCUT2D eigenvalue weighted by molar-refractivity contribution is 0.339. The van der Waals surface area contributed by atoms with Gasteiger partial charge in [-0.15, -0.1) is 0 Å². The van der Waals surface area contributed by atoms with E-state index in [0.717, 1.165) is 36.9 Å². The van der Waals surface area contributed by atoms with Gasteiger partial charge in [-0.1, -0.05) is 20.3 Å². The van der Waals surface area contributed by atoms with Gasteiger partial charge in [0.05, 0.1) is 0 Å². The van der Waals surface area contributed by atoms with Gasteiger partial charge < -0.3 is 10.2 Å². The van der Waals surface area contributed by atoms with Gasteiger partial charge in [-0.2, -0.15) is 0 Å². The molecule has 0 saturated heterocycles. The van der Waals surface area contributed by atoms with E-state index in [9.17, 15) is 0 Å². The first kappa shape index (κ1) is 16.1. The van der Waals surface area contributed by atoms with E-state index in [2.05, 4.69) is 48.0 Å². The third kappa shape index (κ3) is 3.86. The van der Waals surface area contributed by atoms with E-state index in [-0.39, 0.29) is 0 Å². The molecule has 0 aromatic carbocycles. The molecule has 21 heavy (non-hydrogen) atoms. The third-order valence-corrected chi connectivity index (χ3v) is 4.63. The van der Waals surface area contributed by atoms with Gasteiger partial charge in [-0.3, -0.25) is 0 Å². The first-order valence-corrected chi connectivity index (χ1v) is 8.47. The lowest BCUT2D eigenvalue weighted by Crippen LogP contribution is -2.36. The van der Waals surface area contributed by atoms with Crippen molar-refractivity contribution in [2.24, 2.45) is 5.92 Å². The minimum absolute atomic E-state index is 0.626. The number of anilines is 2. The zero-order valence-electron chi connectivity index (χ0n) is 14.0. The highest BCUT2D eigenvalue weighted by Crippen LogP contribution is 2.31. The average Bonchev–Trinajstić information content (AvgIpc) is 2.49. The smallest absolute Gasteiger partial charge is 0.137 e. The fourth-order valence-electron chi connectivity index (χ4n) is 3.31. The highest BCUT2D eigenvalue weighted by Gasteiger charge is 2.24. The predicted molar refractivity (Wildman–Crippen MR) is 90.0 cm³/mol. The summed E-state index contributed by atoms with van der Waals surface area (Å²) in [6, 6.07) is 0.626. The molecule has 0 amide bonds. The second kappa shape index (κ2) is 7.62. The molecule has 2 rings (SSSR count). The Bertz CT molecular complexity index is 438. The van der Waals surface area contributed by atoms with E-state index in [1.165, 1.54) is 31.2 Å². The summed E-state index contributed by atoms with van der Waals surface area (Å²) in [5.74, 6) is 3.02. The van der Waals surface area contributed by atoms with Crippen LogP contribution in [0.15, 0.2) is 6.33 Å². The Morgan fingerprint density at radius 1 is 1.19 bits per heavy atom. The van der Waals surface area contributed by atoms with Crippen molar-refractivity contribution in [3.63, 3.8) is 0 Å². The van der Waals surface area contributed by atoms with E-state index in [4.69, 9.17) is 0 Å². The Morgan fingerprint density at radius 2 is 1.90 bits per heavy atom. The molecule has 0 spiro atoms. The minimum Gasteiger partial charge on any atom is -0.370 e. The first-order valence-electron chi connectivity index (χ1n) is 8.47. The summed E-state index contributed by atoms with van der Waals surface area (Å²) >= 11 is 0. The summed E-state index contributed by atoms with van der Waals surface area (Å²) in [4.78, 5) is 11.4. The molecule has 118 valence electrons. The molecule has 1 heterocycles. The predicted octanol–water partition coefficient (Wildman–Crippen LogP) is 3.88. The number of rotatable bonds is 6. The van der Waals surface area contributed by atoms with Crippen molar-refractivity contribution >= 4 is 11.6 Å². The van der Waals surface area contributed by atoms with Crippen LogP contribution in [-0.2, 0) is 6.42 Å². The topological polar surface area (TPSA) is 41.1 Å². The van der Waals surface area contributed by atoms with Gasteiger partial charge in [0.1, 0.15) is 18.0 Å². The molecule has 1 aromatic rings. The first-order chi connectivity index (χ1) is 10.2. The molecule has 0 radical (unpaired) electrons. The summed E-state index contributed by atoms with van der Waals surface area (Å²) in [6.07, 6.45) is 9.09. The van der Waals surface area contributed by atoms with Crippen molar-refractivity contribution in [2.75, 3.05) is 23.8 Å². The van der Waals surface area contributed by atoms with Crippen molar-refractivity contribution in [3.05, 3.63) is 11.9 Å². The van der Waals surface area contributed by atoms with E-state index in [0.29, 0.717) is 6.04 Å². The molecule has 0 atom stereocenters. The molecule has 4 heteroatoms. The second-order valence-electron chi connectivity index (χ2n) is 6.33. The van der Waals surface area contributed by atoms with Crippen LogP contribution >= 0.6 is 0 Å². The normalized spacial score (nSPS) is 22.1. The molecule has 1 aliphatic rings.